The Morgan fingerprint density at radius 1 is 1.17 bits per heavy atom. The molecular formula is C13H11Br2NO2. The molecule has 0 radical (unpaired) electrons. The first kappa shape index (κ1) is 13.4. The molecule has 1 heterocycles. The third kappa shape index (κ3) is 3.23. The molecular weight excluding hydrogens is 362 g/mol. The standard InChI is InChI=1S/C13H11Br2NO2/c1-16(8-9-2-4-10(14)5-3-9)13(17)11-6-7-12(15)18-11/h2-7H,8H2,1H3. The number of halogens is 2. The largest absolute Gasteiger partial charge is 0.444 e. The number of benzene rings is 1. The van der Waals surface area contributed by atoms with Gasteiger partial charge in [-0.05, 0) is 45.8 Å². The van der Waals surface area contributed by atoms with Crippen LogP contribution in [0.5, 0.6) is 0 Å². The van der Waals surface area contributed by atoms with Crippen LogP contribution < -0.4 is 0 Å². The molecule has 0 bridgehead atoms. The highest BCUT2D eigenvalue weighted by molar-refractivity contribution is 9.10. The number of amides is 1. The van der Waals surface area contributed by atoms with Crippen LogP contribution in [-0.4, -0.2) is 17.9 Å². The monoisotopic (exact) mass is 371 g/mol. The summed E-state index contributed by atoms with van der Waals surface area (Å²) in [5.41, 5.74) is 1.07. The van der Waals surface area contributed by atoms with Gasteiger partial charge >= 0.3 is 0 Å². The molecule has 5 heteroatoms. The van der Waals surface area contributed by atoms with E-state index in [0.717, 1.165) is 10.0 Å². The van der Waals surface area contributed by atoms with E-state index in [2.05, 4.69) is 31.9 Å². The predicted octanol–water partition coefficient (Wildman–Crippen LogP) is 4.08. The highest BCUT2D eigenvalue weighted by atomic mass is 79.9. The molecule has 0 atom stereocenters. The van der Waals surface area contributed by atoms with Crippen molar-refractivity contribution in [3.8, 4) is 0 Å². The predicted molar refractivity (Wildman–Crippen MR) is 76.3 cm³/mol. The van der Waals surface area contributed by atoms with E-state index in [9.17, 15) is 4.79 Å². The van der Waals surface area contributed by atoms with E-state index in [0.29, 0.717) is 17.0 Å². The van der Waals surface area contributed by atoms with E-state index in [1.165, 1.54) is 0 Å². The summed E-state index contributed by atoms with van der Waals surface area (Å²) in [5, 5.41) is 0. The van der Waals surface area contributed by atoms with Crippen LogP contribution >= 0.6 is 31.9 Å². The van der Waals surface area contributed by atoms with Gasteiger partial charge in [-0.25, -0.2) is 0 Å². The second kappa shape index (κ2) is 5.71. The van der Waals surface area contributed by atoms with Crippen molar-refractivity contribution in [2.24, 2.45) is 0 Å². The fourth-order valence-corrected chi connectivity index (χ4v) is 2.12. The van der Waals surface area contributed by atoms with Gasteiger partial charge < -0.3 is 9.32 Å². The van der Waals surface area contributed by atoms with Gasteiger partial charge in [0.15, 0.2) is 10.4 Å². The van der Waals surface area contributed by atoms with E-state index >= 15 is 0 Å². The van der Waals surface area contributed by atoms with Crippen molar-refractivity contribution in [1.29, 1.82) is 0 Å². The maximum absolute atomic E-state index is 12.0. The van der Waals surface area contributed by atoms with Crippen LogP contribution in [0.2, 0.25) is 0 Å². The molecule has 2 rings (SSSR count). The molecule has 94 valence electrons. The van der Waals surface area contributed by atoms with Crippen LogP contribution in [0.1, 0.15) is 16.1 Å². The van der Waals surface area contributed by atoms with E-state index in [4.69, 9.17) is 4.42 Å². The van der Waals surface area contributed by atoms with Gasteiger partial charge in [-0.1, -0.05) is 28.1 Å². The summed E-state index contributed by atoms with van der Waals surface area (Å²) in [5.74, 6) is 0.199. The van der Waals surface area contributed by atoms with Gasteiger partial charge in [0.25, 0.3) is 5.91 Å². The minimum Gasteiger partial charge on any atom is -0.444 e. The summed E-state index contributed by atoms with van der Waals surface area (Å²) >= 11 is 6.56. The lowest BCUT2D eigenvalue weighted by atomic mass is 10.2. The third-order valence-corrected chi connectivity index (χ3v) is 3.42. The zero-order valence-corrected chi connectivity index (χ0v) is 12.9. The number of hydrogen-bond acceptors (Lipinski definition) is 2. The van der Waals surface area contributed by atoms with Crippen molar-refractivity contribution >= 4 is 37.8 Å². The Labute approximate surface area is 122 Å². The lowest BCUT2D eigenvalue weighted by molar-refractivity contribution is 0.0752. The van der Waals surface area contributed by atoms with Gasteiger partial charge in [-0.2, -0.15) is 0 Å². The van der Waals surface area contributed by atoms with Crippen LogP contribution in [0.15, 0.2) is 50.0 Å². The zero-order valence-electron chi connectivity index (χ0n) is 9.69. The van der Waals surface area contributed by atoms with E-state index < -0.39 is 0 Å². The fourth-order valence-electron chi connectivity index (χ4n) is 1.55. The fraction of sp³-hybridized carbons (Fsp3) is 0.154. The number of hydrogen-bond donors (Lipinski definition) is 0. The molecule has 0 fully saturated rings. The van der Waals surface area contributed by atoms with Crippen molar-refractivity contribution in [3.05, 3.63) is 56.9 Å². The first-order chi connectivity index (χ1) is 8.56. The molecule has 1 amide bonds. The Morgan fingerprint density at radius 3 is 2.39 bits per heavy atom. The van der Waals surface area contributed by atoms with Crippen LogP contribution in [-0.2, 0) is 6.54 Å². The Hall–Kier alpha value is -1.07. The van der Waals surface area contributed by atoms with Crippen molar-refractivity contribution in [2.75, 3.05) is 7.05 Å². The number of carbonyl (C=O) groups excluding carboxylic acids is 1. The molecule has 0 spiro atoms. The van der Waals surface area contributed by atoms with Gasteiger partial charge in [0, 0.05) is 18.1 Å². The first-order valence-electron chi connectivity index (χ1n) is 5.31. The SMILES string of the molecule is CN(Cc1ccc(Br)cc1)C(=O)c1ccc(Br)o1. The minimum atomic E-state index is -0.136. The van der Waals surface area contributed by atoms with Crippen LogP contribution in [0.4, 0.5) is 0 Å². The number of rotatable bonds is 3. The van der Waals surface area contributed by atoms with Gasteiger partial charge in [0.2, 0.25) is 0 Å². The van der Waals surface area contributed by atoms with Gasteiger partial charge in [0.1, 0.15) is 0 Å². The van der Waals surface area contributed by atoms with Crippen molar-refractivity contribution in [2.45, 2.75) is 6.54 Å². The van der Waals surface area contributed by atoms with Crippen molar-refractivity contribution < 1.29 is 9.21 Å². The lowest BCUT2D eigenvalue weighted by Crippen LogP contribution is -2.25. The summed E-state index contributed by atoms with van der Waals surface area (Å²) in [4.78, 5) is 13.7. The molecule has 18 heavy (non-hydrogen) atoms. The van der Waals surface area contributed by atoms with Gasteiger partial charge in [-0.15, -0.1) is 0 Å². The van der Waals surface area contributed by atoms with Crippen molar-refractivity contribution in [1.82, 2.24) is 4.90 Å². The van der Waals surface area contributed by atoms with E-state index in [1.807, 2.05) is 24.3 Å². The maximum atomic E-state index is 12.0. The van der Waals surface area contributed by atoms with Crippen molar-refractivity contribution in [3.63, 3.8) is 0 Å². The Balaban J connectivity index is 2.05. The molecule has 0 aliphatic heterocycles. The number of carbonyl (C=O) groups is 1. The molecule has 0 saturated carbocycles. The van der Waals surface area contributed by atoms with Gasteiger partial charge in [0.05, 0.1) is 0 Å². The molecule has 0 saturated heterocycles. The number of furan rings is 1. The van der Waals surface area contributed by atoms with Crippen LogP contribution in [0, 0.1) is 0 Å². The molecule has 0 N–H and O–H groups in total. The summed E-state index contributed by atoms with van der Waals surface area (Å²) in [6.45, 7) is 0.546. The van der Waals surface area contributed by atoms with Crippen LogP contribution in [0.25, 0.3) is 0 Å². The average Bonchev–Trinajstić information content (AvgIpc) is 2.78. The molecule has 1 aromatic carbocycles. The highest BCUT2D eigenvalue weighted by Gasteiger charge is 2.15. The maximum Gasteiger partial charge on any atom is 0.289 e. The average molecular weight is 373 g/mol. The topological polar surface area (TPSA) is 33.5 Å². The molecule has 0 aliphatic carbocycles. The third-order valence-electron chi connectivity index (χ3n) is 2.46. The Kier molecular flexibility index (Phi) is 4.24. The highest BCUT2D eigenvalue weighted by Crippen LogP contribution is 2.17. The summed E-state index contributed by atoms with van der Waals surface area (Å²) in [7, 11) is 1.75. The molecule has 2 aromatic rings. The quantitative estimate of drug-likeness (QED) is 0.813. The summed E-state index contributed by atoms with van der Waals surface area (Å²) < 4.78 is 6.82. The van der Waals surface area contributed by atoms with Gasteiger partial charge in [-0.3, -0.25) is 4.79 Å². The van der Waals surface area contributed by atoms with E-state index in [-0.39, 0.29) is 5.91 Å². The molecule has 1 aromatic heterocycles. The molecule has 0 aliphatic rings. The smallest absolute Gasteiger partial charge is 0.289 e. The molecule has 3 nitrogen and oxygen atoms in total. The summed E-state index contributed by atoms with van der Waals surface area (Å²) in [6.07, 6.45) is 0. The second-order valence-electron chi connectivity index (χ2n) is 3.89. The lowest BCUT2D eigenvalue weighted by Gasteiger charge is -2.15. The summed E-state index contributed by atoms with van der Waals surface area (Å²) in [6, 6.07) is 11.2. The Bertz CT molecular complexity index is 548. The normalized spacial score (nSPS) is 10.4. The second-order valence-corrected chi connectivity index (χ2v) is 5.59. The number of nitrogens with zero attached hydrogens (tertiary/aromatic N) is 1. The Morgan fingerprint density at radius 2 is 1.83 bits per heavy atom. The van der Waals surface area contributed by atoms with E-state index in [1.54, 1.807) is 24.1 Å². The first-order valence-corrected chi connectivity index (χ1v) is 6.90. The molecule has 0 unspecified atom stereocenters. The van der Waals surface area contributed by atoms with Crippen LogP contribution in [0.3, 0.4) is 0 Å². The zero-order chi connectivity index (χ0) is 13.1. The minimum absolute atomic E-state index is 0.136.